The fourth-order valence-electron chi connectivity index (χ4n) is 4.53. The average molecular weight is 427 g/mol. The van der Waals surface area contributed by atoms with Gasteiger partial charge in [-0.05, 0) is 85.6 Å². The van der Waals surface area contributed by atoms with Crippen LogP contribution in [0.1, 0.15) is 41.5 Å². The van der Waals surface area contributed by atoms with Crippen molar-refractivity contribution in [2.75, 3.05) is 18.4 Å². The molecule has 6 nitrogen and oxygen atoms in total. The topological polar surface area (TPSA) is 86.3 Å². The van der Waals surface area contributed by atoms with Gasteiger partial charge >= 0.3 is 0 Å². The molecule has 2 aliphatic heterocycles. The van der Waals surface area contributed by atoms with Gasteiger partial charge in [0, 0.05) is 16.8 Å². The van der Waals surface area contributed by atoms with Crippen molar-refractivity contribution in [3.8, 4) is 17.0 Å². The number of phenols is 1. The van der Waals surface area contributed by atoms with Crippen molar-refractivity contribution in [3.63, 3.8) is 0 Å². The van der Waals surface area contributed by atoms with Gasteiger partial charge in [0.1, 0.15) is 23.9 Å². The number of piperidine rings is 1. The van der Waals surface area contributed by atoms with Gasteiger partial charge in [0.05, 0.1) is 5.69 Å². The Morgan fingerprint density at radius 3 is 2.59 bits per heavy atom. The highest BCUT2D eigenvalue weighted by Crippen LogP contribution is 2.36. The van der Waals surface area contributed by atoms with Crippen LogP contribution in [-0.4, -0.2) is 29.5 Å². The minimum absolute atomic E-state index is 0.169. The molecule has 1 atom stereocenters. The summed E-state index contributed by atoms with van der Waals surface area (Å²) in [4.78, 5) is 16.6. The van der Waals surface area contributed by atoms with Crippen LogP contribution in [0.2, 0.25) is 0 Å². The number of aromatic nitrogens is 1. The third kappa shape index (κ3) is 3.97. The van der Waals surface area contributed by atoms with Crippen LogP contribution in [0.4, 0.5) is 11.5 Å². The summed E-state index contributed by atoms with van der Waals surface area (Å²) >= 11 is 0. The molecule has 162 valence electrons. The molecule has 0 radical (unpaired) electrons. The molecule has 5 rings (SSSR count). The first-order valence-electron chi connectivity index (χ1n) is 11.0. The van der Waals surface area contributed by atoms with E-state index in [1.807, 2.05) is 24.3 Å². The van der Waals surface area contributed by atoms with E-state index in [-0.39, 0.29) is 5.75 Å². The number of hydrogen-bond donors (Lipinski definition) is 4. The maximum atomic E-state index is 11.8. The monoisotopic (exact) mass is 426 g/mol. The second-order valence-electron chi connectivity index (χ2n) is 8.26. The number of rotatable bonds is 5. The molecule has 1 aromatic heterocycles. The Labute approximate surface area is 187 Å². The number of nitrogens with one attached hydrogen (secondary N) is 3. The lowest BCUT2D eigenvalue weighted by molar-refractivity contribution is -0.109. The zero-order chi connectivity index (χ0) is 21.9. The number of phenolic OH excluding ortho intramolecular Hbond substituents is 1. The van der Waals surface area contributed by atoms with E-state index in [0.717, 1.165) is 49.0 Å². The van der Waals surface area contributed by atoms with Gasteiger partial charge < -0.3 is 25.9 Å². The SMILES string of the molecule is O=CC1NC=Cc2cc(-c3ccccc3O)nc(Nc3ccc(C4CCNCC4)cc3)c21. The summed E-state index contributed by atoms with van der Waals surface area (Å²) in [5.41, 5.74) is 5.24. The maximum absolute atomic E-state index is 11.8. The molecule has 2 aromatic carbocycles. The summed E-state index contributed by atoms with van der Waals surface area (Å²) < 4.78 is 0. The summed E-state index contributed by atoms with van der Waals surface area (Å²) in [6, 6.07) is 17.0. The molecule has 0 aliphatic carbocycles. The van der Waals surface area contributed by atoms with Crippen molar-refractivity contribution in [1.29, 1.82) is 0 Å². The molecular weight excluding hydrogens is 400 g/mol. The average Bonchev–Trinajstić information content (AvgIpc) is 2.85. The van der Waals surface area contributed by atoms with Gasteiger partial charge in [0.2, 0.25) is 0 Å². The molecule has 3 heterocycles. The highest BCUT2D eigenvalue weighted by atomic mass is 16.3. The van der Waals surface area contributed by atoms with Crippen LogP contribution in [0.15, 0.2) is 60.8 Å². The fraction of sp³-hybridized carbons (Fsp3) is 0.231. The van der Waals surface area contributed by atoms with Crippen molar-refractivity contribution in [2.45, 2.75) is 24.8 Å². The zero-order valence-corrected chi connectivity index (χ0v) is 17.7. The predicted molar refractivity (Wildman–Crippen MR) is 127 cm³/mol. The summed E-state index contributed by atoms with van der Waals surface area (Å²) in [5.74, 6) is 1.36. The van der Waals surface area contributed by atoms with Gasteiger partial charge in [-0.15, -0.1) is 0 Å². The number of fused-ring (bicyclic) bond motifs is 1. The summed E-state index contributed by atoms with van der Waals surface area (Å²) in [5, 5.41) is 20.3. The highest BCUT2D eigenvalue weighted by Gasteiger charge is 2.23. The molecule has 0 amide bonds. The van der Waals surface area contributed by atoms with Gasteiger partial charge in [0.25, 0.3) is 0 Å². The number of aromatic hydroxyl groups is 1. The molecule has 3 aromatic rings. The lowest BCUT2D eigenvalue weighted by Gasteiger charge is -2.24. The molecular formula is C26H26N4O2. The Kier molecular flexibility index (Phi) is 5.60. The quantitative estimate of drug-likeness (QED) is 0.450. The molecule has 1 saturated heterocycles. The third-order valence-corrected chi connectivity index (χ3v) is 6.24. The number of pyridine rings is 1. The normalized spacial score (nSPS) is 17.9. The van der Waals surface area contributed by atoms with Crippen molar-refractivity contribution in [1.82, 2.24) is 15.6 Å². The highest BCUT2D eigenvalue weighted by molar-refractivity contribution is 5.81. The number of carbonyl (C=O) groups excluding carboxylic acids is 1. The third-order valence-electron chi connectivity index (χ3n) is 6.24. The van der Waals surface area contributed by atoms with E-state index in [1.54, 1.807) is 18.3 Å². The fourth-order valence-corrected chi connectivity index (χ4v) is 4.53. The van der Waals surface area contributed by atoms with Crippen molar-refractivity contribution < 1.29 is 9.90 Å². The number of hydrogen-bond acceptors (Lipinski definition) is 6. The Bertz CT molecular complexity index is 1150. The second-order valence-corrected chi connectivity index (χ2v) is 8.26. The Morgan fingerprint density at radius 1 is 1.06 bits per heavy atom. The smallest absolute Gasteiger partial charge is 0.146 e. The summed E-state index contributed by atoms with van der Waals surface area (Å²) in [7, 11) is 0. The number of carbonyl (C=O) groups is 1. The first-order valence-corrected chi connectivity index (χ1v) is 11.0. The number of aldehydes is 1. The molecule has 2 aliphatic rings. The van der Waals surface area contributed by atoms with Crippen molar-refractivity contribution >= 4 is 23.9 Å². The zero-order valence-electron chi connectivity index (χ0n) is 17.7. The molecule has 0 saturated carbocycles. The van der Waals surface area contributed by atoms with E-state index in [2.05, 4.69) is 40.2 Å². The van der Waals surface area contributed by atoms with Crippen LogP contribution >= 0.6 is 0 Å². The van der Waals surface area contributed by atoms with E-state index >= 15 is 0 Å². The van der Waals surface area contributed by atoms with E-state index in [1.165, 1.54) is 5.56 Å². The number of anilines is 2. The maximum Gasteiger partial charge on any atom is 0.146 e. The molecule has 0 spiro atoms. The Hall–Kier alpha value is -3.64. The molecule has 1 unspecified atom stereocenters. The van der Waals surface area contributed by atoms with E-state index in [9.17, 15) is 9.90 Å². The van der Waals surface area contributed by atoms with Crippen LogP contribution in [0.25, 0.3) is 17.3 Å². The number of benzene rings is 2. The van der Waals surface area contributed by atoms with Crippen LogP contribution in [0, 0.1) is 0 Å². The van der Waals surface area contributed by atoms with Gasteiger partial charge in [0.15, 0.2) is 0 Å². The van der Waals surface area contributed by atoms with Gasteiger partial charge in [-0.2, -0.15) is 0 Å². The Balaban J connectivity index is 1.52. The lowest BCUT2D eigenvalue weighted by Crippen LogP contribution is -2.26. The van der Waals surface area contributed by atoms with Crippen LogP contribution in [0.3, 0.4) is 0 Å². The molecule has 0 bridgehead atoms. The molecule has 32 heavy (non-hydrogen) atoms. The minimum atomic E-state index is -0.488. The second kappa shape index (κ2) is 8.85. The van der Waals surface area contributed by atoms with E-state index < -0.39 is 6.04 Å². The summed E-state index contributed by atoms with van der Waals surface area (Å²) in [6.07, 6.45) is 6.89. The number of para-hydroxylation sites is 1. The minimum Gasteiger partial charge on any atom is -0.507 e. The first-order chi connectivity index (χ1) is 15.7. The first kappa shape index (κ1) is 20.3. The summed E-state index contributed by atoms with van der Waals surface area (Å²) in [6.45, 7) is 2.13. The van der Waals surface area contributed by atoms with Gasteiger partial charge in [-0.25, -0.2) is 4.98 Å². The molecule has 6 heteroatoms. The lowest BCUT2D eigenvalue weighted by atomic mass is 9.90. The van der Waals surface area contributed by atoms with Crippen molar-refractivity contribution in [2.24, 2.45) is 0 Å². The van der Waals surface area contributed by atoms with E-state index in [4.69, 9.17) is 4.98 Å². The van der Waals surface area contributed by atoms with Crippen LogP contribution < -0.4 is 16.0 Å². The van der Waals surface area contributed by atoms with Crippen LogP contribution in [-0.2, 0) is 4.79 Å². The van der Waals surface area contributed by atoms with E-state index in [0.29, 0.717) is 23.0 Å². The largest absolute Gasteiger partial charge is 0.507 e. The predicted octanol–water partition coefficient (Wildman–Crippen LogP) is 4.48. The van der Waals surface area contributed by atoms with Gasteiger partial charge in [-0.3, -0.25) is 0 Å². The Morgan fingerprint density at radius 2 is 1.84 bits per heavy atom. The molecule has 4 N–H and O–H groups in total. The van der Waals surface area contributed by atoms with Crippen LogP contribution in [0.5, 0.6) is 5.75 Å². The number of nitrogens with zero attached hydrogens (tertiary/aromatic N) is 1. The standard InChI is InChI=1S/C26H26N4O2/c31-16-23-25-19(11-14-28-23)15-22(21-3-1-2-4-24(21)32)30-26(25)29-20-7-5-17(6-8-20)18-9-12-27-13-10-18/h1-8,11,14-16,18,23,27-28,32H,9-10,12-13H2,(H,29,30). The molecule has 1 fully saturated rings. The van der Waals surface area contributed by atoms with Gasteiger partial charge in [-0.1, -0.05) is 24.3 Å². The van der Waals surface area contributed by atoms with Crippen molar-refractivity contribution in [3.05, 3.63) is 77.5 Å².